The van der Waals surface area contributed by atoms with Crippen LogP contribution in [0.25, 0.3) is 11.1 Å². The largest absolute Gasteiger partial charge is 0.491 e. The number of aromatic nitrogens is 1. The third-order valence-electron chi connectivity index (χ3n) is 5.03. The Labute approximate surface area is 190 Å². The molecule has 0 amide bonds. The molecule has 9 heteroatoms. The monoisotopic (exact) mass is 453 g/mol. The number of carbonyl (C=O) groups is 1. The summed E-state index contributed by atoms with van der Waals surface area (Å²) in [6, 6.07) is 18.7. The summed E-state index contributed by atoms with van der Waals surface area (Å²) >= 11 is 0. The van der Waals surface area contributed by atoms with Gasteiger partial charge in [-0.1, -0.05) is 30.3 Å². The Morgan fingerprint density at radius 1 is 1.15 bits per heavy atom. The third-order valence-corrected chi connectivity index (χ3v) is 5.03. The quantitative estimate of drug-likeness (QED) is 0.321. The molecular weight excluding hydrogens is 429 g/mol. The van der Waals surface area contributed by atoms with Gasteiger partial charge in [0.15, 0.2) is 5.54 Å². The molecule has 172 valence electrons. The summed E-state index contributed by atoms with van der Waals surface area (Å²) in [5.41, 5.74) is 7.93. The number of hydrogen-bond acceptors (Lipinski definition) is 7. The summed E-state index contributed by atoms with van der Waals surface area (Å²) in [5, 5.41) is 6.89. The fourth-order valence-corrected chi connectivity index (χ4v) is 3.51. The Hall–Kier alpha value is -3.98. The lowest BCUT2D eigenvalue weighted by atomic mass is 9.83. The van der Waals surface area contributed by atoms with E-state index in [2.05, 4.69) is 9.98 Å². The molecule has 3 N–H and O–H groups in total. The number of hydrogen-bond donors (Lipinski definition) is 2. The molecule has 0 bridgehead atoms. The van der Waals surface area contributed by atoms with Gasteiger partial charge in [-0.2, -0.15) is 4.39 Å². The van der Waals surface area contributed by atoms with Crippen LogP contribution in [-0.4, -0.2) is 49.5 Å². The number of amidine groups is 1. The van der Waals surface area contributed by atoms with Gasteiger partial charge in [0.1, 0.15) is 19.0 Å². The first kappa shape index (κ1) is 23.7. The van der Waals surface area contributed by atoms with Gasteiger partial charge in [0.25, 0.3) is 12.5 Å². The zero-order chi connectivity index (χ0) is 23.7. The molecule has 0 fully saturated rings. The second kappa shape index (κ2) is 11.1. The summed E-state index contributed by atoms with van der Waals surface area (Å²) in [4.78, 5) is 16.7. The molecule has 2 heterocycles. The van der Waals surface area contributed by atoms with Crippen LogP contribution in [0.5, 0.6) is 5.75 Å². The van der Waals surface area contributed by atoms with Crippen molar-refractivity contribution in [3.8, 4) is 16.9 Å². The van der Waals surface area contributed by atoms with Crippen molar-refractivity contribution in [3.05, 3.63) is 83.9 Å². The van der Waals surface area contributed by atoms with Crippen molar-refractivity contribution in [1.29, 1.82) is 0 Å². The molecule has 0 radical (unpaired) electrons. The van der Waals surface area contributed by atoms with E-state index < -0.39 is 11.5 Å². The van der Waals surface area contributed by atoms with Gasteiger partial charge in [-0.05, 0) is 47.0 Å². The summed E-state index contributed by atoms with van der Waals surface area (Å²) in [6.07, 6.45) is 1.43. The van der Waals surface area contributed by atoms with E-state index in [1.807, 2.05) is 48.5 Å². The number of halogens is 1. The highest BCUT2D eigenvalue weighted by Gasteiger charge is 2.40. The Kier molecular flexibility index (Phi) is 7.93. The van der Waals surface area contributed by atoms with Gasteiger partial charge < -0.3 is 25.1 Å². The van der Waals surface area contributed by atoms with Crippen molar-refractivity contribution in [3.63, 3.8) is 0 Å². The number of aliphatic imine (C=N–C) groups is 1. The van der Waals surface area contributed by atoms with Crippen LogP contribution in [0.4, 0.5) is 4.39 Å². The predicted octanol–water partition coefficient (Wildman–Crippen LogP) is 3.20. The van der Waals surface area contributed by atoms with Crippen LogP contribution < -0.4 is 10.5 Å². The van der Waals surface area contributed by atoms with Crippen LogP contribution >= 0.6 is 0 Å². The van der Waals surface area contributed by atoms with E-state index in [0.29, 0.717) is 24.3 Å². The van der Waals surface area contributed by atoms with Crippen molar-refractivity contribution in [1.82, 2.24) is 4.98 Å². The molecule has 0 aliphatic carbocycles. The summed E-state index contributed by atoms with van der Waals surface area (Å²) in [5.74, 6) is 0.208. The minimum atomic E-state index is -0.830. The lowest BCUT2D eigenvalue weighted by molar-refractivity contribution is -0.122. The number of rotatable bonds is 7. The van der Waals surface area contributed by atoms with Crippen LogP contribution in [0, 0.1) is 5.95 Å². The van der Waals surface area contributed by atoms with E-state index >= 15 is 0 Å². The molecule has 3 aromatic rings. The maximum Gasteiger partial charge on any atom is 0.290 e. The molecule has 1 aliphatic rings. The van der Waals surface area contributed by atoms with Crippen LogP contribution in [0.2, 0.25) is 0 Å². The average molecular weight is 453 g/mol. The van der Waals surface area contributed by atoms with Gasteiger partial charge >= 0.3 is 0 Å². The fourth-order valence-electron chi connectivity index (χ4n) is 3.51. The highest BCUT2D eigenvalue weighted by Crippen LogP contribution is 2.39. The third kappa shape index (κ3) is 5.45. The molecule has 1 atom stereocenters. The van der Waals surface area contributed by atoms with Gasteiger partial charge in [-0.15, -0.1) is 0 Å². The van der Waals surface area contributed by atoms with Crippen molar-refractivity contribution in [2.24, 2.45) is 10.7 Å². The average Bonchev–Trinajstić information content (AvgIpc) is 3.23. The fraction of sp³-hybridized carbons (Fsp3) is 0.208. The zero-order valence-electron chi connectivity index (χ0n) is 18.0. The van der Waals surface area contributed by atoms with Gasteiger partial charge in [0, 0.05) is 18.9 Å². The molecule has 0 saturated heterocycles. The Bertz CT molecular complexity index is 1110. The van der Waals surface area contributed by atoms with Gasteiger partial charge in [-0.25, -0.2) is 9.98 Å². The number of benzene rings is 2. The van der Waals surface area contributed by atoms with Crippen LogP contribution in [0.3, 0.4) is 0 Å². The molecule has 0 spiro atoms. The van der Waals surface area contributed by atoms with E-state index in [1.54, 1.807) is 19.2 Å². The molecule has 1 unspecified atom stereocenters. The molecule has 2 aromatic carbocycles. The SMILES string of the molecule is COCCOc1ccc(C2(c3cccc(-c4cccnc4F)c3)COC(N)=N2)cc1.O=CO. The minimum Gasteiger partial charge on any atom is -0.491 e. The number of pyridine rings is 1. The van der Waals surface area contributed by atoms with Crippen molar-refractivity contribution >= 4 is 12.5 Å². The molecule has 1 aliphatic heterocycles. The lowest BCUT2D eigenvalue weighted by Gasteiger charge is -2.26. The van der Waals surface area contributed by atoms with Crippen LogP contribution in [0.15, 0.2) is 71.9 Å². The topological polar surface area (TPSA) is 116 Å². The number of carboxylic acid groups (broad SMARTS) is 1. The second-order valence-corrected chi connectivity index (χ2v) is 6.99. The number of nitrogens with zero attached hydrogens (tertiary/aromatic N) is 2. The molecular formula is C24H24FN3O5. The van der Waals surface area contributed by atoms with E-state index in [1.165, 1.54) is 6.20 Å². The highest BCUT2D eigenvalue weighted by molar-refractivity contribution is 5.75. The first-order chi connectivity index (χ1) is 16.0. The molecule has 0 saturated carbocycles. The minimum absolute atomic E-state index is 0.119. The molecule has 33 heavy (non-hydrogen) atoms. The Morgan fingerprint density at radius 3 is 2.55 bits per heavy atom. The lowest BCUT2D eigenvalue weighted by Crippen LogP contribution is -2.27. The predicted molar refractivity (Wildman–Crippen MR) is 120 cm³/mol. The van der Waals surface area contributed by atoms with Gasteiger partial charge in [0.05, 0.1) is 6.61 Å². The number of methoxy groups -OCH3 is 1. The van der Waals surface area contributed by atoms with E-state index in [-0.39, 0.29) is 19.1 Å². The van der Waals surface area contributed by atoms with E-state index in [9.17, 15) is 4.39 Å². The molecule has 1 aromatic heterocycles. The zero-order valence-corrected chi connectivity index (χ0v) is 18.0. The van der Waals surface area contributed by atoms with E-state index in [0.717, 1.165) is 16.9 Å². The highest BCUT2D eigenvalue weighted by atomic mass is 19.1. The number of nitrogens with two attached hydrogens (primary N) is 1. The smallest absolute Gasteiger partial charge is 0.290 e. The first-order valence-electron chi connectivity index (χ1n) is 10.0. The Morgan fingerprint density at radius 2 is 1.91 bits per heavy atom. The Balaban J connectivity index is 0.000000968. The summed E-state index contributed by atoms with van der Waals surface area (Å²) < 4.78 is 30.4. The molecule has 8 nitrogen and oxygen atoms in total. The van der Waals surface area contributed by atoms with Crippen molar-refractivity contribution in [2.45, 2.75) is 5.54 Å². The summed E-state index contributed by atoms with van der Waals surface area (Å²) in [7, 11) is 1.63. The second-order valence-electron chi connectivity index (χ2n) is 6.99. The van der Waals surface area contributed by atoms with Crippen LogP contribution in [0.1, 0.15) is 11.1 Å². The van der Waals surface area contributed by atoms with Crippen molar-refractivity contribution in [2.75, 3.05) is 26.9 Å². The maximum atomic E-state index is 14.2. The standard InChI is InChI=1S/C23H22FN3O3.CH2O2/c1-28-12-13-29-19-9-7-17(8-10-19)23(15-30-22(25)27-23)18-5-2-4-16(14-18)20-6-3-11-26-21(20)24;2-1-3/h2-11,14H,12-13,15H2,1H3,(H2,25,27);1H,(H,2,3). The van der Waals surface area contributed by atoms with E-state index in [4.69, 9.17) is 29.8 Å². The normalized spacial score (nSPS) is 16.7. The van der Waals surface area contributed by atoms with Gasteiger partial charge in [-0.3, -0.25) is 4.79 Å². The van der Waals surface area contributed by atoms with Crippen LogP contribution in [-0.2, 0) is 19.8 Å². The van der Waals surface area contributed by atoms with Crippen molar-refractivity contribution < 1.29 is 28.5 Å². The van der Waals surface area contributed by atoms with Gasteiger partial charge in [0.2, 0.25) is 5.95 Å². The molecule has 4 rings (SSSR count). The first-order valence-corrected chi connectivity index (χ1v) is 10.0. The number of ether oxygens (including phenoxy) is 3. The summed E-state index contributed by atoms with van der Waals surface area (Å²) in [6.45, 7) is 0.980. The maximum absolute atomic E-state index is 14.2.